The van der Waals surface area contributed by atoms with E-state index in [0.717, 1.165) is 57.3 Å². The number of hydrogen-bond acceptors (Lipinski definition) is 6. The van der Waals surface area contributed by atoms with Gasteiger partial charge in [-0.25, -0.2) is 15.0 Å². The van der Waals surface area contributed by atoms with Crippen LogP contribution < -0.4 is 10.2 Å². The molecule has 1 N–H and O–H groups in total. The van der Waals surface area contributed by atoms with Crippen molar-refractivity contribution in [2.24, 2.45) is 7.05 Å². The first-order valence-corrected chi connectivity index (χ1v) is 9.86. The molecule has 0 spiro atoms. The summed E-state index contributed by atoms with van der Waals surface area (Å²) in [6.45, 7) is 2.06. The second-order valence-electron chi connectivity index (χ2n) is 6.69. The molecule has 0 atom stereocenters. The van der Waals surface area contributed by atoms with Gasteiger partial charge in [0, 0.05) is 38.4 Å². The molecule has 4 aromatic rings. The first kappa shape index (κ1) is 16.3. The van der Waals surface area contributed by atoms with Gasteiger partial charge < -0.3 is 14.8 Å². The average Bonchev–Trinajstić information content (AvgIpc) is 3.32. The molecule has 0 saturated heterocycles. The van der Waals surface area contributed by atoms with Gasteiger partial charge in [-0.3, -0.25) is 0 Å². The molecule has 3 aromatic heterocycles. The van der Waals surface area contributed by atoms with Gasteiger partial charge in [-0.15, -0.1) is 0 Å². The van der Waals surface area contributed by atoms with E-state index >= 15 is 0 Å². The number of nitrogens with zero attached hydrogens (tertiary/aromatic N) is 5. The molecule has 5 rings (SSSR count). The SMILES string of the molecule is CNc1nc2sc(-c3ccc(N4CC=CCC4)cc3)nc2c2c1ncn2C. The number of hydrogen-bond donors (Lipinski definition) is 1. The predicted molar refractivity (Wildman–Crippen MR) is 113 cm³/mol. The molecule has 27 heavy (non-hydrogen) atoms. The van der Waals surface area contributed by atoms with E-state index in [2.05, 4.69) is 51.6 Å². The largest absolute Gasteiger partial charge is 0.371 e. The Kier molecular flexibility index (Phi) is 3.82. The van der Waals surface area contributed by atoms with Crippen LogP contribution in [0.2, 0.25) is 0 Å². The Morgan fingerprint density at radius 2 is 1.93 bits per heavy atom. The van der Waals surface area contributed by atoms with Gasteiger partial charge in [0.15, 0.2) is 5.82 Å². The van der Waals surface area contributed by atoms with Crippen molar-refractivity contribution in [3.05, 3.63) is 42.7 Å². The summed E-state index contributed by atoms with van der Waals surface area (Å²) in [5.41, 5.74) is 5.17. The molecule has 6 nitrogen and oxygen atoms in total. The predicted octanol–water partition coefficient (Wildman–Crippen LogP) is 4.05. The Balaban J connectivity index is 1.58. The van der Waals surface area contributed by atoms with Crippen molar-refractivity contribution < 1.29 is 0 Å². The minimum Gasteiger partial charge on any atom is -0.371 e. The minimum absolute atomic E-state index is 0.793. The molecular weight excluding hydrogens is 356 g/mol. The zero-order valence-electron chi connectivity index (χ0n) is 15.3. The van der Waals surface area contributed by atoms with Gasteiger partial charge in [0.1, 0.15) is 26.4 Å². The fourth-order valence-electron chi connectivity index (χ4n) is 3.57. The summed E-state index contributed by atoms with van der Waals surface area (Å²) in [6.07, 6.45) is 7.40. The number of imidazole rings is 1. The number of fused-ring (bicyclic) bond motifs is 3. The Morgan fingerprint density at radius 3 is 2.67 bits per heavy atom. The summed E-state index contributed by atoms with van der Waals surface area (Å²) in [4.78, 5) is 17.4. The van der Waals surface area contributed by atoms with E-state index in [-0.39, 0.29) is 0 Å². The molecule has 7 heteroatoms. The van der Waals surface area contributed by atoms with E-state index in [1.165, 1.54) is 5.69 Å². The highest BCUT2D eigenvalue weighted by molar-refractivity contribution is 7.21. The summed E-state index contributed by atoms with van der Waals surface area (Å²) >= 11 is 1.62. The van der Waals surface area contributed by atoms with Crippen molar-refractivity contribution in [2.75, 3.05) is 30.4 Å². The van der Waals surface area contributed by atoms with E-state index in [0.29, 0.717) is 0 Å². The zero-order chi connectivity index (χ0) is 18.4. The molecular formula is C20H20N6S. The third-order valence-electron chi connectivity index (χ3n) is 4.98. The molecule has 136 valence electrons. The summed E-state index contributed by atoms with van der Waals surface area (Å²) in [5.74, 6) is 0.793. The fourth-order valence-corrected chi connectivity index (χ4v) is 4.52. The van der Waals surface area contributed by atoms with Gasteiger partial charge in [0.25, 0.3) is 0 Å². The standard InChI is InChI=1S/C20H20N6S/c1-21-18-15-17(25(2)12-22-15)16-20(24-18)27-19(23-16)13-6-8-14(9-7-13)26-10-4-3-5-11-26/h3-4,6-9,12H,5,10-11H2,1-2H3,(H,21,24). The minimum atomic E-state index is 0.793. The molecule has 0 bridgehead atoms. The second-order valence-corrected chi connectivity index (χ2v) is 7.67. The number of benzene rings is 1. The molecule has 0 saturated carbocycles. The van der Waals surface area contributed by atoms with Crippen LogP contribution in [-0.2, 0) is 7.05 Å². The highest BCUT2D eigenvalue weighted by Crippen LogP contribution is 2.35. The third kappa shape index (κ3) is 2.66. The Morgan fingerprint density at radius 1 is 1.07 bits per heavy atom. The summed E-state index contributed by atoms with van der Waals surface area (Å²) in [5, 5.41) is 4.13. The summed E-state index contributed by atoms with van der Waals surface area (Å²) in [7, 11) is 3.87. The van der Waals surface area contributed by atoms with Crippen LogP contribution in [0.4, 0.5) is 11.5 Å². The molecule has 1 aliphatic rings. The van der Waals surface area contributed by atoms with Crippen LogP contribution in [0.1, 0.15) is 6.42 Å². The van der Waals surface area contributed by atoms with E-state index in [4.69, 9.17) is 9.97 Å². The van der Waals surface area contributed by atoms with E-state index in [9.17, 15) is 0 Å². The van der Waals surface area contributed by atoms with E-state index < -0.39 is 0 Å². The van der Waals surface area contributed by atoms with Crippen LogP contribution in [-0.4, -0.2) is 39.7 Å². The highest BCUT2D eigenvalue weighted by Gasteiger charge is 2.17. The molecule has 0 fully saturated rings. The van der Waals surface area contributed by atoms with Crippen LogP contribution in [0.3, 0.4) is 0 Å². The van der Waals surface area contributed by atoms with Crippen molar-refractivity contribution >= 4 is 44.2 Å². The Labute approximate surface area is 161 Å². The lowest BCUT2D eigenvalue weighted by molar-refractivity contribution is 0.821. The van der Waals surface area contributed by atoms with Crippen LogP contribution in [0, 0.1) is 0 Å². The lowest BCUT2D eigenvalue weighted by atomic mass is 10.1. The van der Waals surface area contributed by atoms with Gasteiger partial charge >= 0.3 is 0 Å². The Hall–Kier alpha value is -2.93. The van der Waals surface area contributed by atoms with Gasteiger partial charge in [-0.05, 0) is 30.7 Å². The van der Waals surface area contributed by atoms with Crippen molar-refractivity contribution in [1.29, 1.82) is 0 Å². The van der Waals surface area contributed by atoms with Gasteiger partial charge in [-0.1, -0.05) is 23.5 Å². The van der Waals surface area contributed by atoms with Crippen molar-refractivity contribution in [1.82, 2.24) is 19.5 Å². The third-order valence-corrected chi connectivity index (χ3v) is 5.98. The normalized spacial score (nSPS) is 14.4. The maximum Gasteiger partial charge on any atom is 0.155 e. The maximum absolute atomic E-state index is 4.90. The van der Waals surface area contributed by atoms with Crippen LogP contribution in [0.15, 0.2) is 42.7 Å². The smallest absolute Gasteiger partial charge is 0.155 e. The van der Waals surface area contributed by atoms with Gasteiger partial charge in [-0.2, -0.15) is 0 Å². The van der Waals surface area contributed by atoms with Crippen molar-refractivity contribution in [2.45, 2.75) is 6.42 Å². The second kappa shape index (κ2) is 6.35. The van der Waals surface area contributed by atoms with Crippen LogP contribution in [0.25, 0.3) is 32.0 Å². The first-order chi connectivity index (χ1) is 13.2. The number of nitrogens with one attached hydrogen (secondary N) is 1. The Bertz CT molecular complexity index is 1150. The molecule has 1 aromatic carbocycles. The number of pyridine rings is 1. The number of aromatic nitrogens is 4. The molecule has 4 heterocycles. The average molecular weight is 376 g/mol. The lowest BCUT2D eigenvalue weighted by Gasteiger charge is -2.25. The summed E-state index contributed by atoms with van der Waals surface area (Å²) in [6, 6.07) is 8.69. The number of anilines is 2. The maximum atomic E-state index is 4.90. The van der Waals surface area contributed by atoms with Crippen molar-refractivity contribution in [3.8, 4) is 10.6 Å². The van der Waals surface area contributed by atoms with Gasteiger partial charge in [0.2, 0.25) is 0 Å². The molecule has 0 amide bonds. The van der Waals surface area contributed by atoms with Gasteiger partial charge in [0.05, 0.1) is 6.33 Å². The lowest BCUT2D eigenvalue weighted by Crippen LogP contribution is -2.26. The number of aryl methyl sites for hydroxylation is 1. The van der Waals surface area contributed by atoms with E-state index in [1.54, 1.807) is 11.3 Å². The quantitative estimate of drug-likeness (QED) is 0.547. The van der Waals surface area contributed by atoms with Crippen molar-refractivity contribution in [3.63, 3.8) is 0 Å². The topological polar surface area (TPSA) is 58.9 Å². The number of rotatable bonds is 3. The van der Waals surface area contributed by atoms with Crippen LogP contribution in [0.5, 0.6) is 0 Å². The molecule has 1 aliphatic heterocycles. The summed E-state index contributed by atoms with van der Waals surface area (Å²) < 4.78 is 2.01. The zero-order valence-corrected chi connectivity index (χ0v) is 16.1. The number of thiazole rings is 1. The molecule has 0 radical (unpaired) electrons. The highest BCUT2D eigenvalue weighted by atomic mass is 32.1. The van der Waals surface area contributed by atoms with Crippen LogP contribution >= 0.6 is 11.3 Å². The molecule has 0 unspecified atom stereocenters. The fraction of sp³-hybridized carbons (Fsp3) is 0.250. The first-order valence-electron chi connectivity index (χ1n) is 9.04. The molecule has 0 aliphatic carbocycles. The van der Waals surface area contributed by atoms with E-state index in [1.807, 2.05) is 25.0 Å². The monoisotopic (exact) mass is 376 g/mol.